The van der Waals surface area contributed by atoms with E-state index in [4.69, 9.17) is 9.47 Å². The molecular weight excluding hydrogens is 286 g/mol. The minimum atomic E-state index is 0. The van der Waals surface area contributed by atoms with Gasteiger partial charge in [-0.15, -0.1) is 12.4 Å². The van der Waals surface area contributed by atoms with Crippen molar-refractivity contribution in [2.75, 3.05) is 26.3 Å². The van der Waals surface area contributed by atoms with Gasteiger partial charge in [-0.2, -0.15) is 0 Å². The Labute approximate surface area is 134 Å². The standard InChI is InChI=1S/C17H27NO2.ClH/c1-4-13-10-17(20-6-3)15(11-16(13)19-5-2)14-8-7-9-18-12-14;/h10-11,14,18H,4-9,12H2,1-3H3;1H/t14-;/m0./s1. The molecule has 1 aromatic rings. The van der Waals surface area contributed by atoms with Crippen molar-refractivity contribution in [3.8, 4) is 11.5 Å². The van der Waals surface area contributed by atoms with Gasteiger partial charge in [0, 0.05) is 18.0 Å². The third-order valence-electron chi connectivity index (χ3n) is 3.91. The van der Waals surface area contributed by atoms with Gasteiger partial charge in [-0.05, 0) is 57.4 Å². The number of nitrogens with one attached hydrogen (secondary N) is 1. The van der Waals surface area contributed by atoms with Gasteiger partial charge in [0.1, 0.15) is 11.5 Å². The first kappa shape index (κ1) is 18.1. The monoisotopic (exact) mass is 313 g/mol. The fourth-order valence-corrected chi connectivity index (χ4v) is 2.90. The first-order chi connectivity index (χ1) is 9.80. The number of hydrogen-bond acceptors (Lipinski definition) is 3. The normalized spacial score (nSPS) is 18.0. The molecule has 1 heterocycles. The first-order valence-corrected chi connectivity index (χ1v) is 7.93. The van der Waals surface area contributed by atoms with Gasteiger partial charge in [0.25, 0.3) is 0 Å². The summed E-state index contributed by atoms with van der Waals surface area (Å²) in [7, 11) is 0. The SMILES string of the molecule is CCOc1cc([C@H]2CCCNC2)c(OCC)cc1CC.Cl. The summed E-state index contributed by atoms with van der Waals surface area (Å²) in [6, 6.07) is 4.39. The van der Waals surface area contributed by atoms with E-state index >= 15 is 0 Å². The van der Waals surface area contributed by atoms with Gasteiger partial charge >= 0.3 is 0 Å². The molecule has 0 bridgehead atoms. The summed E-state index contributed by atoms with van der Waals surface area (Å²) in [5.41, 5.74) is 2.54. The smallest absolute Gasteiger partial charge is 0.123 e. The average molecular weight is 314 g/mol. The Morgan fingerprint density at radius 2 is 1.81 bits per heavy atom. The van der Waals surface area contributed by atoms with Gasteiger partial charge in [-0.3, -0.25) is 0 Å². The number of ether oxygens (including phenoxy) is 2. The lowest BCUT2D eigenvalue weighted by Gasteiger charge is -2.26. The molecule has 1 saturated heterocycles. The van der Waals surface area contributed by atoms with Crippen LogP contribution in [0.15, 0.2) is 12.1 Å². The number of hydrogen-bond donors (Lipinski definition) is 1. The van der Waals surface area contributed by atoms with Gasteiger partial charge in [-0.1, -0.05) is 6.92 Å². The first-order valence-electron chi connectivity index (χ1n) is 7.93. The highest BCUT2D eigenvalue weighted by molar-refractivity contribution is 5.85. The van der Waals surface area contributed by atoms with Crippen LogP contribution in [0.5, 0.6) is 11.5 Å². The average Bonchev–Trinajstić information content (AvgIpc) is 2.49. The molecule has 120 valence electrons. The van der Waals surface area contributed by atoms with Crippen LogP contribution in [-0.2, 0) is 6.42 Å². The van der Waals surface area contributed by atoms with Crippen LogP contribution in [0.1, 0.15) is 50.7 Å². The molecule has 1 N–H and O–H groups in total. The van der Waals surface area contributed by atoms with Crippen LogP contribution in [0.25, 0.3) is 0 Å². The molecule has 3 nitrogen and oxygen atoms in total. The summed E-state index contributed by atoms with van der Waals surface area (Å²) in [4.78, 5) is 0. The largest absolute Gasteiger partial charge is 0.494 e. The maximum Gasteiger partial charge on any atom is 0.123 e. The molecule has 2 rings (SSSR count). The molecule has 21 heavy (non-hydrogen) atoms. The van der Waals surface area contributed by atoms with Crippen LogP contribution in [-0.4, -0.2) is 26.3 Å². The van der Waals surface area contributed by atoms with E-state index in [1.54, 1.807) is 0 Å². The molecule has 4 heteroatoms. The zero-order valence-electron chi connectivity index (χ0n) is 13.4. The lowest BCUT2D eigenvalue weighted by molar-refractivity contribution is 0.319. The second kappa shape index (κ2) is 9.16. The zero-order valence-corrected chi connectivity index (χ0v) is 14.2. The zero-order chi connectivity index (χ0) is 14.4. The number of rotatable bonds is 6. The quantitative estimate of drug-likeness (QED) is 0.863. The highest BCUT2D eigenvalue weighted by Gasteiger charge is 2.21. The van der Waals surface area contributed by atoms with Gasteiger partial charge in [-0.25, -0.2) is 0 Å². The van der Waals surface area contributed by atoms with Crippen LogP contribution >= 0.6 is 12.4 Å². The number of benzene rings is 1. The van der Waals surface area contributed by atoms with E-state index < -0.39 is 0 Å². The Morgan fingerprint density at radius 3 is 2.38 bits per heavy atom. The van der Waals surface area contributed by atoms with E-state index in [-0.39, 0.29) is 12.4 Å². The van der Waals surface area contributed by atoms with Crippen molar-refractivity contribution in [3.63, 3.8) is 0 Å². The number of halogens is 1. The van der Waals surface area contributed by atoms with Crippen molar-refractivity contribution in [2.45, 2.75) is 46.0 Å². The summed E-state index contributed by atoms with van der Waals surface area (Å²) in [5.74, 6) is 2.61. The Kier molecular flexibility index (Phi) is 7.91. The van der Waals surface area contributed by atoms with E-state index in [0.29, 0.717) is 19.1 Å². The summed E-state index contributed by atoms with van der Waals surface area (Å²) in [5, 5.41) is 3.49. The highest BCUT2D eigenvalue weighted by atomic mass is 35.5. The molecule has 0 unspecified atom stereocenters. The Hall–Kier alpha value is -0.930. The molecule has 0 aromatic heterocycles. The van der Waals surface area contributed by atoms with Crippen molar-refractivity contribution in [3.05, 3.63) is 23.3 Å². The van der Waals surface area contributed by atoms with E-state index in [0.717, 1.165) is 31.0 Å². The molecule has 1 aliphatic rings. The molecule has 1 aromatic carbocycles. The van der Waals surface area contributed by atoms with Gasteiger partial charge in [0.2, 0.25) is 0 Å². The van der Waals surface area contributed by atoms with Gasteiger partial charge in [0.05, 0.1) is 13.2 Å². The van der Waals surface area contributed by atoms with Crippen LogP contribution < -0.4 is 14.8 Å². The van der Waals surface area contributed by atoms with E-state index in [9.17, 15) is 0 Å². The van der Waals surface area contributed by atoms with Crippen LogP contribution in [0.4, 0.5) is 0 Å². The Balaban J connectivity index is 0.00000220. The van der Waals surface area contributed by atoms with Crippen LogP contribution in [0.2, 0.25) is 0 Å². The number of piperidine rings is 1. The predicted molar refractivity (Wildman–Crippen MR) is 90.3 cm³/mol. The third kappa shape index (κ3) is 4.52. The Morgan fingerprint density at radius 1 is 1.10 bits per heavy atom. The second-order valence-corrected chi connectivity index (χ2v) is 5.26. The molecule has 0 amide bonds. The maximum absolute atomic E-state index is 5.88. The number of aryl methyl sites for hydroxylation is 1. The predicted octanol–water partition coefficient (Wildman–Crippen LogP) is 3.94. The Bertz CT molecular complexity index is 431. The third-order valence-corrected chi connectivity index (χ3v) is 3.91. The summed E-state index contributed by atoms with van der Waals surface area (Å²) < 4.78 is 11.7. The lowest BCUT2D eigenvalue weighted by atomic mass is 9.89. The minimum Gasteiger partial charge on any atom is -0.494 e. The summed E-state index contributed by atoms with van der Waals surface area (Å²) >= 11 is 0. The van der Waals surface area contributed by atoms with E-state index in [2.05, 4.69) is 24.4 Å². The highest BCUT2D eigenvalue weighted by Crippen LogP contribution is 2.36. The van der Waals surface area contributed by atoms with Crippen LogP contribution in [0, 0.1) is 0 Å². The van der Waals surface area contributed by atoms with Crippen molar-refractivity contribution in [1.29, 1.82) is 0 Å². The molecule has 1 aliphatic heterocycles. The fourth-order valence-electron chi connectivity index (χ4n) is 2.90. The molecule has 1 fully saturated rings. The molecule has 0 spiro atoms. The molecule has 1 atom stereocenters. The van der Waals surface area contributed by atoms with E-state index in [1.165, 1.54) is 24.0 Å². The lowest BCUT2D eigenvalue weighted by Crippen LogP contribution is -2.28. The van der Waals surface area contributed by atoms with Crippen molar-refractivity contribution >= 4 is 12.4 Å². The van der Waals surface area contributed by atoms with Crippen LogP contribution in [0.3, 0.4) is 0 Å². The molecule has 0 saturated carbocycles. The topological polar surface area (TPSA) is 30.5 Å². The molecule has 0 aliphatic carbocycles. The van der Waals surface area contributed by atoms with Gasteiger partial charge < -0.3 is 14.8 Å². The minimum absolute atomic E-state index is 0. The second-order valence-electron chi connectivity index (χ2n) is 5.26. The fraction of sp³-hybridized carbons (Fsp3) is 0.647. The summed E-state index contributed by atoms with van der Waals surface area (Å²) in [6.07, 6.45) is 3.43. The van der Waals surface area contributed by atoms with Crippen molar-refractivity contribution < 1.29 is 9.47 Å². The maximum atomic E-state index is 5.88. The van der Waals surface area contributed by atoms with Gasteiger partial charge in [0.15, 0.2) is 0 Å². The van der Waals surface area contributed by atoms with Crippen molar-refractivity contribution in [2.24, 2.45) is 0 Å². The van der Waals surface area contributed by atoms with E-state index in [1.807, 2.05) is 13.8 Å². The van der Waals surface area contributed by atoms with Crippen molar-refractivity contribution in [1.82, 2.24) is 5.32 Å². The molecular formula is C17H28ClNO2. The molecule has 0 radical (unpaired) electrons. The summed E-state index contributed by atoms with van der Waals surface area (Å²) in [6.45, 7) is 9.84.